The van der Waals surface area contributed by atoms with Crippen LogP contribution in [0.4, 0.5) is 0 Å². The molecule has 1 aromatic carbocycles. The van der Waals surface area contributed by atoms with E-state index in [1.807, 2.05) is 36.4 Å². The quantitative estimate of drug-likeness (QED) is 0.858. The van der Waals surface area contributed by atoms with Crippen LogP contribution >= 0.6 is 0 Å². The Morgan fingerprint density at radius 1 is 1.10 bits per heavy atom. The number of ether oxygens (including phenoxy) is 1. The fraction of sp³-hybridized carbons (Fsp3) is 0.333. The van der Waals surface area contributed by atoms with E-state index in [9.17, 15) is 4.79 Å². The van der Waals surface area contributed by atoms with Crippen molar-refractivity contribution in [1.82, 2.24) is 4.98 Å². The average Bonchev–Trinajstić information content (AvgIpc) is 2.44. The van der Waals surface area contributed by atoms with Gasteiger partial charge in [-0.15, -0.1) is 0 Å². The number of Topliss-reactive ketones (excluding diaryl/α,β-unsaturated/α-hetero) is 1. The summed E-state index contributed by atoms with van der Waals surface area (Å²) in [5, 5.41) is 0. The van der Waals surface area contributed by atoms with Gasteiger partial charge >= 0.3 is 0 Å². The van der Waals surface area contributed by atoms with Gasteiger partial charge in [0.2, 0.25) is 5.88 Å². The Balaban J connectivity index is 1.78. The van der Waals surface area contributed by atoms with Gasteiger partial charge in [0.1, 0.15) is 6.61 Å². The predicted molar refractivity (Wildman–Crippen MR) is 81.4 cm³/mol. The summed E-state index contributed by atoms with van der Waals surface area (Å²) in [7, 11) is 0. The Hall–Kier alpha value is -2.16. The molecule has 1 heterocycles. The fourth-order valence-electron chi connectivity index (χ4n) is 2.73. The van der Waals surface area contributed by atoms with Gasteiger partial charge in [0.15, 0.2) is 5.78 Å². The molecular formula is C18H19NO2. The van der Waals surface area contributed by atoms with Crippen LogP contribution in [0.5, 0.6) is 5.88 Å². The van der Waals surface area contributed by atoms with Gasteiger partial charge in [0.05, 0.1) is 5.69 Å². The van der Waals surface area contributed by atoms with Crippen LogP contribution in [0, 0.1) is 5.41 Å². The molecule has 108 valence electrons. The van der Waals surface area contributed by atoms with Crippen LogP contribution in [0.3, 0.4) is 0 Å². The van der Waals surface area contributed by atoms with Crippen LogP contribution in [0.1, 0.15) is 41.9 Å². The van der Waals surface area contributed by atoms with E-state index in [4.69, 9.17) is 4.74 Å². The topological polar surface area (TPSA) is 39.2 Å². The average molecular weight is 281 g/mol. The zero-order chi connectivity index (χ0) is 14.9. The maximum atomic E-state index is 12.1. The molecule has 3 rings (SSSR count). The summed E-state index contributed by atoms with van der Waals surface area (Å²) < 4.78 is 5.74. The van der Waals surface area contributed by atoms with Crippen molar-refractivity contribution in [3.05, 3.63) is 59.3 Å². The Labute approximate surface area is 125 Å². The molecule has 3 heteroatoms. The zero-order valence-corrected chi connectivity index (χ0v) is 12.4. The Kier molecular flexibility index (Phi) is 3.50. The second-order valence-corrected chi connectivity index (χ2v) is 6.36. The number of hydrogen-bond acceptors (Lipinski definition) is 3. The first-order chi connectivity index (χ1) is 10.0. The summed E-state index contributed by atoms with van der Waals surface area (Å²) in [5.74, 6) is 0.770. The Bertz CT molecular complexity index is 662. The minimum Gasteiger partial charge on any atom is -0.473 e. The summed E-state index contributed by atoms with van der Waals surface area (Å²) in [4.78, 5) is 16.6. The lowest BCUT2D eigenvalue weighted by atomic mass is 9.76. The maximum Gasteiger partial charge on any atom is 0.213 e. The van der Waals surface area contributed by atoms with E-state index in [0.717, 1.165) is 23.2 Å². The van der Waals surface area contributed by atoms with Crippen LogP contribution in [-0.4, -0.2) is 10.8 Å². The first-order valence-electron chi connectivity index (χ1n) is 7.23. The van der Waals surface area contributed by atoms with Crippen LogP contribution in [0.2, 0.25) is 0 Å². The Morgan fingerprint density at radius 2 is 1.86 bits per heavy atom. The number of pyridine rings is 1. The number of ketones is 1. The number of carbonyl (C=O) groups excluding carboxylic acids is 1. The molecule has 1 aromatic heterocycles. The van der Waals surface area contributed by atoms with E-state index in [1.165, 1.54) is 0 Å². The molecule has 2 aromatic rings. The molecule has 21 heavy (non-hydrogen) atoms. The van der Waals surface area contributed by atoms with Gasteiger partial charge in [0.25, 0.3) is 0 Å². The molecule has 1 aliphatic carbocycles. The highest BCUT2D eigenvalue weighted by Gasteiger charge is 2.31. The zero-order valence-electron chi connectivity index (χ0n) is 12.4. The second kappa shape index (κ2) is 5.32. The van der Waals surface area contributed by atoms with E-state index in [1.54, 1.807) is 6.07 Å². The molecule has 0 fully saturated rings. The molecule has 0 saturated carbocycles. The van der Waals surface area contributed by atoms with Crippen LogP contribution in [0.25, 0.3) is 0 Å². The number of fused-ring (bicyclic) bond motifs is 1. The SMILES string of the molecule is CC1(C)CC(=O)c2ccc(OCc3ccccc3)nc2C1. The number of rotatable bonds is 3. The number of aromatic nitrogens is 1. The third-order valence-corrected chi connectivity index (χ3v) is 3.76. The minimum atomic E-state index is -0.0187. The van der Waals surface area contributed by atoms with Crippen molar-refractivity contribution in [2.45, 2.75) is 33.3 Å². The van der Waals surface area contributed by atoms with Crippen molar-refractivity contribution in [1.29, 1.82) is 0 Å². The predicted octanol–water partition coefficient (Wildman–Crippen LogP) is 3.82. The molecule has 1 aliphatic rings. The van der Waals surface area contributed by atoms with Crippen molar-refractivity contribution in [3.63, 3.8) is 0 Å². The highest BCUT2D eigenvalue weighted by Crippen LogP contribution is 2.34. The van der Waals surface area contributed by atoms with Crippen molar-refractivity contribution in [2.75, 3.05) is 0 Å². The van der Waals surface area contributed by atoms with E-state index >= 15 is 0 Å². The summed E-state index contributed by atoms with van der Waals surface area (Å²) in [6.07, 6.45) is 1.41. The number of hydrogen-bond donors (Lipinski definition) is 0. The molecule has 0 atom stereocenters. The van der Waals surface area contributed by atoms with E-state index in [-0.39, 0.29) is 11.2 Å². The van der Waals surface area contributed by atoms with Gasteiger partial charge in [-0.05, 0) is 23.5 Å². The van der Waals surface area contributed by atoms with Crippen molar-refractivity contribution in [3.8, 4) is 5.88 Å². The fourth-order valence-corrected chi connectivity index (χ4v) is 2.73. The normalized spacial score (nSPS) is 16.4. The molecule has 0 unspecified atom stereocenters. The van der Waals surface area contributed by atoms with E-state index < -0.39 is 0 Å². The molecule has 0 amide bonds. The highest BCUT2D eigenvalue weighted by molar-refractivity contribution is 5.98. The monoisotopic (exact) mass is 281 g/mol. The van der Waals surface area contributed by atoms with E-state index in [2.05, 4.69) is 18.8 Å². The molecular weight excluding hydrogens is 262 g/mol. The lowest BCUT2D eigenvalue weighted by Crippen LogP contribution is -2.27. The van der Waals surface area contributed by atoms with Crippen LogP contribution in [0.15, 0.2) is 42.5 Å². The van der Waals surface area contributed by atoms with Gasteiger partial charge in [-0.2, -0.15) is 0 Å². The Morgan fingerprint density at radius 3 is 2.62 bits per heavy atom. The van der Waals surface area contributed by atoms with Gasteiger partial charge < -0.3 is 4.74 Å². The van der Waals surface area contributed by atoms with Gasteiger partial charge in [-0.3, -0.25) is 4.79 Å². The standard InChI is InChI=1S/C18H19NO2/c1-18(2)10-15-14(16(20)11-18)8-9-17(19-15)21-12-13-6-4-3-5-7-13/h3-9H,10-12H2,1-2H3. The molecule has 0 saturated heterocycles. The largest absolute Gasteiger partial charge is 0.473 e. The summed E-state index contributed by atoms with van der Waals surface area (Å²) >= 11 is 0. The third kappa shape index (κ3) is 3.13. The molecule has 0 radical (unpaired) electrons. The number of nitrogens with zero attached hydrogens (tertiary/aromatic N) is 1. The highest BCUT2D eigenvalue weighted by atomic mass is 16.5. The first-order valence-corrected chi connectivity index (χ1v) is 7.23. The molecule has 0 aliphatic heterocycles. The van der Waals surface area contributed by atoms with Crippen molar-refractivity contribution >= 4 is 5.78 Å². The summed E-state index contributed by atoms with van der Waals surface area (Å²) in [5.41, 5.74) is 2.70. The third-order valence-electron chi connectivity index (χ3n) is 3.76. The van der Waals surface area contributed by atoms with Crippen molar-refractivity contribution < 1.29 is 9.53 Å². The summed E-state index contributed by atoms with van der Waals surface area (Å²) in [6.45, 7) is 4.70. The molecule has 3 nitrogen and oxygen atoms in total. The number of benzene rings is 1. The molecule has 0 N–H and O–H groups in total. The lowest BCUT2D eigenvalue weighted by molar-refractivity contribution is 0.0909. The lowest BCUT2D eigenvalue weighted by Gasteiger charge is -2.29. The van der Waals surface area contributed by atoms with Gasteiger partial charge in [0, 0.05) is 18.1 Å². The number of carbonyl (C=O) groups is 1. The second-order valence-electron chi connectivity index (χ2n) is 6.36. The van der Waals surface area contributed by atoms with Crippen LogP contribution in [-0.2, 0) is 13.0 Å². The molecule has 0 bridgehead atoms. The van der Waals surface area contributed by atoms with E-state index in [0.29, 0.717) is 18.9 Å². The van der Waals surface area contributed by atoms with Gasteiger partial charge in [-0.1, -0.05) is 44.2 Å². The maximum absolute atomic E-state index is 12.1. The van der Waals surface area contributed by atoms with Crippen molar-refractivity contribution in [2.24, 2.45) is 5.41 Å². The molecule has 0 spiro atoms. The smallest absolute Gasteiger partial charge is 0.213 e. The first kappa shape index (κ1) is 13.8. The van der Waals surface area contributed by atoms with Crippen LogP contribution < -0.4 is 4.74 Å². The minimum absolute atomic E-state index is 0.0187. The van der Waals surface area contributed by atoms with Gasteiger partial charge in [-0.25, -0.2) is 4.98 Å². The summed E-state index contributed by atoms with van der Waals surface area (Å²) in [6, 6.07) is 13.6.